The van der Waals surface area contributed by atoms with Crippen LogP contribution in [-0.2, 0) is 32.7 Å². The van der Waals surface area contributed by atoms with Crippen molar-refractivity contribution in [2.24, 2.45) is 5.73 Å². The molecule has 540 valence electrons. The van der Waals surface area contributed by atoms with Crippen LogP contribution in [-0.4, -0.2) is 49.3 Å². The molecule has 0 aliphatic rings. The van der Waals surface area contributed by atoms with Gasteiger partial charge >= 0.3 is 19.8 Å². The summed E-state index contributed by atoms with van der Waals surface area (Å²) in [6.07, 6.45) is 116. The van der Waals surface area contributed by atoms with E-state index in [0.717, 1.165) is 128 Å². The number of nitrogens with two attached hydrogens (primary N) is 1. The van der Waals surface area contributed by atoms with E-state index in [0.29, 0.717) is 6.42 Å². The summed E-state index contributed by atoms with van der Waals surface area (Å²) in [6, 6.07) is 0. The molecule has 0 spiro atoms. The van der Waals surface area contributed by atoms with Crippen LogP contribution in [0.5, 0.6) is 0 Å². The number of ether oxygens (including phenoxy) is 2. The van der Waals surface area contributed by atoms with Gasteiger partial charge in [-0.1, -0.05) is 351 Å². The summed E-state index contributed by atoms with van der Waals surface area (Å²) in [5.41, 5.74) is 5.41. The first-order chi connectivity index (χ1) is 46.8. The van der Waals surface area contributed by atoms with E-state index in [1.54, 1.807) is 0 Å². The van der Waals surface area contributed by atoms with Crippen LogP contribution in [0.2, 0.25) is 0 Å². The Kier molecular flexibility index (Phi) is 74.5. The smallest absolute Gasteiger partial charge is 0.462 e. The van der Waals surface area contributed by atoms with Crippen molar-refractivity contribution in [3.63, 3.8) is 0 Å². The van der Waals surface area contributed by atoms with Crippen molar-refractivity contribution in [2.45, 2.75) is 328 Å². The molecular formula is C85H142NO8P. The fourth-order valence-electron chi connectivity index (χ4n) is 10.5. The summed E-state index contributed by atoms with van der Waals surface area (Å²) < 4.78 is 33.3. The van der Waals surface area contributed by atoms with Crippen molar-refractivity contribution < 1.29 is 37.6 Å². The molecule has 3 N–H and O–H groups in total. The summed E-state index contributed by atoms with van der Waals surface area (Å²) in [6.45, 7) is 3.53. The third-order valence-electron chi connectivity index (χ3n) is 16.1. The lowest BCUT2D eigenvalue weighted by atomic mass is 10.0. The zero-order valence-electron chi connectivity index (χ0n) is 60.8. The summed E-state index contributed by atoms with van der Waals surface area (Å²) >= 11 is 0. The normalized spacial score (nSPS) is 13.9. The Morgan fingerprint density at radius 1 is 0.316 bits per heavy atom. The van der Waals surface area contributed by atoms with Crippen molar-refractivity contribution >= 4 is 19.8 Å². The van der Waals surface area contributed by atoms with Crippen LogP contribution in [0.15, 0.2) is 170 Å². The van der Waals surface area contributed by atoms with Gasteiger partial charge in [-0.2, -0.15) is 0 Å². The Morgan fingerprint density at radius 2 is 0.547 bits per heavy atom. The van der Waals surface area contributed by atoms with E-state index in [9.17, 15) is 19.0 Å². The molecule has 95 heavy (non-hydrogen) atoms. The number of hydrogen-bond donors (Lipinski definition) is 2. The maximum atomic E-state index is 12.8. The maximum absolute atomic E-state index is 12.8. The highest BCUT2D eigenvalue weighted by molar-refractivity contribution is 7.47. The molecule has 0 amide bonds. The van der Waals surface area contributed by atoms with Gasteiger partial charge in [0.05, 0.1) is 13.2 Å². The molecule has 0 radical (unpaired) electrons. The molecule has 0 fully saturated rings. The van der Waals surface area contributed by atoms with Gasteiger partial charge in [-0.05, 0) is 128 Å². The standard InChI is InChI=1S/C85H142NO8P/c1-3-5-7-9-11-13-15-17-19-21-23-25-27-29-31-33-35-37-38-39-40-41-42-43-44-46-48-50-52-54-56-58-60-62-64-66-68-70-72-74-76-78-85(88)94-83(82-93-95(89,90)92-80-79-86)81-91-84(87)77-75-73-71-69-67-65-63-61-59-57-55-53-51-49-47-45-36-34-32-30-28-26-24-22-20-18-16-14-12-10-8-6-4-2/h5-8,11-14,17-20,23-26,29-32,35,37,39-40,42-43,46,48,83H,3-4,9-10,15-16,21-22,27-28,33-34,36,38,41,44-45,47,49-82,86H2,1-2H3,(H,89,90)/b7-5-,8-6-,13-11-,14-12-,19-17-,20-18-,25-23-,26-24-,31-29-,32-30-,37-35-,40-39-,43-42-,48-46-. The fourth-order valence-corrected chi connectivity index (χ4v) is 11.2. The second-order valence-corrected chi connectivity index (χ2v) is 26.6. The zero-order chi connectivity index (χ0) is 68.6. The van der Waals surface area contributed by atoms with Gasteiger partial charge in [0.2, 0.25) is 0 Å². The number of esters is 2. The highest BCUT2D eigenvalue weighted by atomic mass is 31.2. The summed E-state index contributed by atoms with van der Waals surface area (Å²) in [7, 11) is -4.41. The summed E-state index contributed by atoms with van der Waals surface area (Å²) in [5, 5.41) is 0. The average molecular weight is 1340 g/mol. The molecule has 0 aromatic carbocycles. The topological polar surface area (TPSA) is 134 Å². The van der Waals surface area contributed by atoms with E-state index in [1.165, 1.54) is 161 Å². The molecule has 0 aliphatic carbocycles. The second kappa shape index (κ2) is 78.4. The van der Waals surface area contributed by atoms with Gasteiger partial charge in [0.15, 0.2) is 6.10 Å². The largest absolute Gasteiger partial charge is 0.472 e. The minimum Gasteiger partial charge on any atom is -0.462 e. The van der Waals surface area contributed by atoms with Crippen LogP contribution in [0.3, 0.4) is 0 Å². The maximum Gasteiger partial charge on any atom is 0.472 e. The van der Waals surface area contributed by atoms with Gasteiger partial charge in [-0.3, -0.25) is 18.6 Å². The molecule has 2 unspecified atom stereocenters. The SMILES string of the molecule is CC/C=C\C/C=C\C/C=C\C/C=C\C/C=C\C/C=C\C/C=C\C/C=C\C/C=C\CCCCCCCCCCCCCCCC(=O)OC(COC(=O)CCCCCCCCCCCCCCCCCCC/C=C\C/C=C\C/C=C\C/C=C\C/C=C\CC)COP(=O)(O)OCCN. The van der Waals surface area contributed by atoms with E-state index >= 15 is 0 Å². The molecule has 0 aromatic rings. The number of hydrogen-bond acceptors (Lipinski definition) is 8. The van der Waals surface area contributed by atoms with E-state index in [1.807, 2.05) is 0 Å². The minimum atomic E-state index is -4.41. The molecule has 0 heterocycles. The number of allylic oxidation sites excluding steroid dienone is 28. The molecule has 0 saturated heterocycles. The van der Waals surface area contributed by atoms with E-state index in [4.69, 9.17) is 24.3 Å². The summed E-state index contributed by atoms with van der Waals surface area (Å²) in [4.78, 5) is 35.5. The Balaban J connectivity index is 3.88. The van der Waals surface area contributed by atoms with Gasteiger partial charge in [0.1, 0.15) is 6.61 Å². The number of carbonyl (C=O) groups excluding carboxylic acids is 2. The van der Waals surface area contributed by atoms with Gasteiger partial charge in [-0.25, -0.2) is 4.57 Å². The van der Waals surface area contributed by atoms with Crippen LogP contribution < -0.4 is 5.73 Å². The van der Waals surface area contributed by atoms with Crippen molar-refractivity contribution in [2.75, 3.05) is 26.4 Å². The summed E-state index contributed by atoms with van der Waals surface area (Å²) in [5.74, 6) is -0.827. The second-order valence-electron chi connectivity index (χ2n) is 25.1. The van der Waals surface area contributed by atoms with Crippen molar-refractivity contribution in [3.05, 3.63) is 170 Å². The molecule has 0 aromatic heterocycles. The molecule has 0 rings (SSSR count). The number of carbonyl (C=O) groups is 2. The van der Waals surface area contributed by atoms with Crippen LogP contribution in [0.1, 0.15) is 322 Å². The van der Waals surface area contributed by atoms with Crippen molar-refractivity contribution in [1.29, 1.82) is 0 Å². The first kappa shape index (κ1) is 90.4. The van der Waals surface area contributed by atoms with Gasteiger partial charge < -0.3 is 20.1 Å². The Bertz CT molecular complexity index is 2170. The van der Waals surface area contributed by atoms with E-state index < -0.39 is 26.5 Å². The first-order valence-corrected chi connectivity index (χ1v) is 40.1. The predicted octanol–water partition coefficient (Wildman–Crippen LogP) is 26.1. The molecule has 2 atom stereocenters. The Morgan fingerprint density at radius 3 is 0.811 bits per heavy atom. The van der Waals surface area contributed by atoms with Crippen LogP contribution >= 0.6 is 7.82 Å². The molecule has 9 nitrogen and oxygen atoms in total. The quantitative estimate of drug-likeness (QED) is 0.0264. The zero-order valence-corrected chi connectivity index (χ0v) is 61.7. The lowest BCUT2D eigenvalue weighted by molar-refractivity contribution is -0.161. The van der Waals surface area contributed by atoms with Crippen molar-refractivity contribution in [1.82, 2.24) is 0 Å². The molecule has 10 heteroatoms. The molecule has 0 bridgehead atoms. The van der Waals surface area contributed by atoms with Crippen LogP contribution in [0, 0.1) is 0 Å². The lowest BCUT2D eigenvalue weighted by Crippen LogP contribution is -2.29. The molecule has 0 aliphatic heterocycles. The predicted molar refractivity (Wildman–Crippen MR) is 413 cm³/mol. The van der Waals surface area contributed by atoms with E-state index in [2.05, 4.69) is 184 Å². The first-order valence-electron chi connectivity index (χ1n) is 38.6. The molecular weight excluding hydrogens is 1190 g/mol. The number of phosphoric ester groups is 1. The Labute approximate surface area is 584 Å². The number of rotatable bonds is 71. The van der Waals surface area contributed by atoms with Gasteiger partial charge in [-0.15, -0.1) is 0 Å². The van der Waals surface area contributed by atoms with E-state index in [-0.39, 0.29) is 38.6 Å². The van der Waals surface area contributed by atoms with Gasteiger partial charge in [0, 0.05) is 19.4 Å². The molecule has 0 saturated carbocycles. The van der Waals surface area contributed by atoms with Crippen LogP contribution in [0.25, 0.3) is 0 Å². The van der Waals surface area contributed by atoms with Crippen molar-refractivity contribution in [3.8, 4) is 0 Å². The Hall–Kier alpha value is -4.63. The third kappa shape index (κ3) is 78.3. The van der Waals surface area contributed by atoms with Gasteiger partial charge in [0.25, 0.3) is 0 Å². The fraction of sp³-hybridized carbons (Fsp3) is 0.647. The monoisotopic (exact) mass is 1340 g/mol. The highest BCUT2D eigenvalue weighted by Crippen LogP contribution is 2.43. The average Bonchev–Trinajstić information content (AvgIpc) is 2.75. The third-order valence-corrected chi connectivity index (χ3v) is 17.1. The number of phosphoric acid groups is 1. The minimum absolute atomic E-state index is 0.0478. The highest BCUT2D eigenvalue weighted by Gasteiger charge is 2.26. The number of unbranched alkanes of at least 4 members (excludes halogenated alkanes) is 30. The lowest BCUT2D eigenvalue weighted by Gasteiger charge is -2.19. The van der Waals surface area contributed by atoms with Crippen LogP contribution in [0.4, 0.5) is 0 Å².